The first-order valence-corrected chi connectivity index (χ1v) is 8.83. The molecule has 0 aromatic carbocycles. The van der Waals surface area contributed by atoms with E-state index in [4.69, 9.17) is 0 Å². The average molecular weight is 317 g/mol. The van der Waals surface area contributed by atoms with E-state index in [2.05, 4.69) is 39.0 Å². The number of nitrogens with zero attached hydrogens (tertiary/aromatic N) is 2. The van der Waals surface area contributed by atoms with Gasteiger partial charge >= 0.3 is 0 Å². The summed E-state index contributed by atoms with van der Waals surface area (Å²) >= 11 is 0. The summed E-state index contributed by atoms with van der Waals surface area (Å²) in [4.78, 5) is 2.13. The van der Waals surface area contributed by atoms with Gasteiger partial charge in [-0.3, -0.25) is 5.10 Å². The number of hydrogen-bond acceptors (Lipinski definition) is 5. The third kappa shape index (κ3) is 5.39. The van der Waals surface area contributed by atoms with Crippen molar-refractivity contribution < 1.29 is 8.42 Å². The lowest BCUT2D eigenvalue weighted by Crippen LogP contribution is -2.37. The molecule has 0 radical (unpaired) electrons. The number of likely N-dealkylation sites (N-methyl/N-ethyl adjacent to an activating group) is 1. The van der Waals surface area contributed by atoms with E-state index in [1.165, 1.54) is 0 Å². The average Bonchev–Trinajstić information content (AvgIpc) is 2.93. The van der Waals surface area contributed by atoms with Crippen molar-refractivity contribution in [2.24, 2.45) is 0 Å². The van der Waals surface area contributed by atoms with E-state index in [0.717, 1.165) is 13.0 Å². The molecule has 0 amide bonds. The van der Waals surface area contributed by atoms with E-state index in [9.17, 15) is 8.42 Å². The molecule has 7 nitrogen and oxygen atoms in total. The predicted octanol–water partition coefficient (Wildman–Crippen LogP) is 0.528. The topological polar surface area (TPSA) is 90.1 Å². The van der Waals surface area contributed by atoms with Crippen molar-refractivity contribution in [1.29, 1.82) is 0 Å². The monoisotopic (exact) mass is 317 g/mol. The smallest absolute Gasteiger partial charge is 0.257 e. The molecule has 122 valence electrons. The summed E-state index contributed by atoms with van der Waals surface area (Å²) in [6.07, 6.45) is 2.58. The van der Waals surface area contributed by atoms with Crippen LogP contribution in [0, 0.1) is 0 Å². The fourth-order valence-corrected chi connectivity index (χ4v) is 3.03. The van der Waals surface area contributed by atoms with E-state index >= 15 is 0 Å². The largest absolute Gasteiger partial charge is 0.313 e. The summed E-state index contributed by atoms with van der Waals surface area (Å²) in [5.41, 5.74) is 0.652. The molecule has 21 heavy (non-hydrogen) atoms. The molecule has 1 atom stereocenters. The number of aromatic nitrogens is 2. The zero-order valence-corrected chi connectivity index (χ0v) is 14.1. The van der Waals surface area contributed by atoms with Gasteiger partial charge in [-0.25, -0.2) is 13.1 Å². The van der Waals surface area contributed by atoms with Gasteiger partial charge in [0.15, 0.2) is 5.03 Å². The van der Waals surface area contributed by atoms with Crippen LogP contribution in [-0.2, 0) is 16.6 Å². The molecule has 1 heterocycles. The minimum absolute atomic E-state index is 0.148. The number of rotatable bonds is 10. The third-order valence-corrected chi connectivity index (χ3v) is 5.09. The van der Waals surface area contributed by atoms with Crippen molar-refractivity contribution in [1.82, 2.24) is 25.1 Å². The highest BCUT2D eigenvalue weighted by molar-refractivity contribution is 7.89. The molecule has 0 spiro atoms. The first-order valence-electron chi connectivity index (χ1n) is 7.35. The Hall–Kier alpha value is -0.960. The van der Waals surface area contributed by atoms with Crippen LogP contribution in [0.1, 0.15) is 32.8 Å². The minimum Gasteiger partial charge on any atom is -0.313 e. The molecule has 0 aliphatic carbocycles. The zero-order chi connectivity index (χ0) is 15.9. The maximum absolute atomic E-state index is 12.3. The van der Waals surface area contributed by atoms with Gasteiger partial charge in [0.05, 0.1) is 6.20 Å². The van der Waals surface area contributed by atoms with Crippen molar-refractivity contribution >= 4 is 10.0 Å². The summed E-state index contributed by atoms with van der Waals surface area (Å²) < 4.78 is 27.2. The van der Waals surface area contributed by atoms with Gasteiger partial charge in [0.1, 0.15) is 0 Å². The molecule has 0 saturated carbocycles. The Kier molecular flexibility index (Phi) is 7.30. The Balaban J connectivity index is 2.59. The molecule has 1 aromatic rings. The van der Waals surface area contributed by atoms with E-state index in [1.807, 2.05) is 14.0 Å². The SMILES string of the molecule is CCNCc1cn[nH]c1S(=O)(=O)NCCN(C)C(C)CC. The highest BCUT2D eigenvalue weighted by Crippen LogP contribution is 2.11. The standard InChI is InChI=1S/C13H27N5O2S/c1-5-11(3)18(4)8-7-16-21(19,20)13-12(9-14-6-2)10-15-17-13/h10-11,14,16H,5-9H2,1-4H3,(H,15,17). The zero-order valence-electron chi connectivity index (χ0n) is 13.3. The number of H-pyrrole nitrogens is 1. The summed E-state index contributed by atoms with van der Waals surface area (Å²) in [5.74, 6) is 0. The normalized spacial score (nSPS) is 13.8. The first-order chi connectivity index (χ1) is 9.92. The van der Waals surface area contributed by atoms with Crippen LogP contribution in [0.2, 0.25) is 0 Å². The lowest BCUT2D eigenvalue weighted by Gasteiger charge is -2.23. The fraction of sp³-hybridized carbons (Fsp3) is 0.769. The summed E-state index contributed by atoms with van der Waals surface area (Å²) in [6.45, 7) is 8.51. The van der Waals surface area contributed by atoms with Crippen LogP contribution in [-0.4, -0.2) is 56.2 Å². The second kappa shape index (κ2) is 8.47. The molecular formula is C13H27N5O2S. The highest BCUT2D eigenvalue weighted by atomic mass is 32.2. The maximum Gasteiger partial charge on any atom is 0.257 e. The van der Waals surface area contributed by atoms with Crippen LogP contribution >= 0.6 is 0 Å². The van der Waals surface area contributed by atoms with E-state index in [-0.39, 0.29) is 5.03 Å². The summed E-state index contributed by atoms with van der Waals surface area (Å²) in [7, 11) is -1.55. The number of aromatic amines is 1. The Labute approximate surface area is 127 Å². The molecule has 1 aromatic heterocycles. The van der Waals surface area contributed by atoms with Crippen molar-refractivity contribution in [2.75, 3.05) is 26.7 Å². The second-order valence-corrected chi connectivity index (χ2v) is 6.84. The van der Waals surface area contributed by atoms with Gasteiger partial charge in [0.25, 0.3) is 10.0 Å². The van der Waals surface area contributed by atoms with Crippen molar-refractivity contribution in [3.63, 3.8) is 0 Å². The van der Waals surface area contributed by atoms with Gasteiger partial charge in [-0.05, 0) is 26.9 Å². The van der Waals surface area contributed by atoms with Crippen molar-refractivity contribution in [3.8, 4) is 0 Å². The molecule has 0 saturated heterocycles. The number of sulfonamides is 1. The number of nitrogens with one attached hydrogen (secondary N) is 3. The van der Waals surface area contributed by atoms with Gasteiger partial charge in [-0.2, -0.15) is 5.10 Å². The summed E-state index contributed by atoms with van der Waals surface area (Å²) in [6, 6.07) is 0.436. The van der Waals surface area contributed by atoms with E-state index in [1.54, 1.807) is 6.20 Å². The minimum atomic E-state index is -3.54. The molecule has 0 aliphatic heterocycles. The van der Waals surface area contributed by atoms with Gasteiger partial charge in [-0.1, -0.05) is 13.8 Å². The molecule has 0 bridgehead atoms. The molecule has 1 rings (SSSR count). The predicted molar refractivity (Wildman–Crippen MR) is 83.5 cm³/mol. The molecule has 0 fully saturated rings. The van der Waals surface area contributed by atoms with Crippen LogP contribution in [0.3, 0.4) is 0 Å². The van der Waals surface area contributed by atoms with E-state index < -0.39 is 10.0 Å². The lowest BCUT2D eigenvalue weighted by molar-refractivity contribution is 0.256. The summed E-state index contributed by atoms with van der Waals surface area (Å²) in [5, 5.41) is 9.65. The van der Waals surface area contributed by atoms with Gasteiger partial charge in [0.2, 0.25) is 0 Å². The van der Waals surface area contributed by atoms with E-state index in [0.29, 0.717) is 31.2 Å². The van der Waals surface area contributed by atoms with Crippen LogP contribution in [0.5, 0.6) is 0 Å². The van der Waals surface area contributed by atoms with Crippen LogP contribution in [0.15, 0.2) is 11.2 Å². The fourth-order valence-electron chi connectivity index (χ4n) is 1.88. The molecule has 3 N–H and O–H groups in total. The molecule has 8 heteroatoms. The quantitative estimate of drug-likeness (QED) is 0.585. The van der Waals surface area contributed by atoms with Crippen molar-refractivity contribution in [2.45, 2.75) is 44.8 Å². The molecular weight excluding hydrogens is 290 g/mol. The third-order valence-electron chi connectivity index (χ3n) is 3.61. The Morgan fingerprint density at radius 1 is 1.43 bits per heavy atom. The number of hydrogen-bond donors (Lipinski definition) is 3. The maximum atomic E-state index is 12.3. The Morgan fingerprint density at radius 2 is 2.14 bits per heavy atom. The second-order valence-electron chi connectivity index (χ2n) is 5.14. The lowest BCUT2D eigenvalue weighted by atomic mass is 10.2. The molecule has 1 unspecified atom stereocenters. The van der Waals surface area contributed by atoms with Gasteiger partial charge in [0, 0.05) is 31.2 Å². The highest BCUT2D eigenvalue weighted by Gasteiger charge is 2.20. The van der Waals surface area contributed by atoms with Crippen molar-refractivity contribution in [3.05, 3.63) is 11.8 Å². The Bertz CT molecular complexity index is 514. The van der Waals surface area contributed by atoms with Gasteiger partial charge < -0.3 is 10.2 Å². The van der Waals surface area contributed by atoms with Crippen LogP contribution in [0.4, 0.5) is 0 Å². The Morgan fingerprint density at radius 3 is 2.76 bits per heavy atom. The van der Waals surface area contributed by atoms with Gasteiger partial charge in [-0.15, -0.1) is 0 Å². The first kappa shape index (κ1) is 18.1. The molecule has 0 aliphatic rings. The van der Waals surface area contributed by atoms with Crippen LogP contribution < -0.4 is 10.0 Å². The van der Waals surface area contributed by atoms with Crippen LogP contribution in [0.25, 0.3) is 0 Å².